The molecule has 3 aromatic rings. The standard InChI is InChI=1S/C24H28Cl2N9O3/c1-3-33-10-11-34(23(36)14(33)2)19-13-30-24(32-21(19)16-5-4-15(25)12-17(16)26)29-9-8-28-20-7-6-18(35(37)38)22(27)31-20/h4-7,12-14,37H,3,8-11H2,1-2H3,(H3,27,28,31)(H,29,30,32)/q-1. The van der Waals surface area contributed by atoms with Crippen LogP contribution in [0.1, 0.15) is 13.8 Å². The number of halogens is 2. The van der Waals surface area contributed by atoms with Crippen molar-refractivity contribution in [1.29, 1.82) is 0 Å². The maximum absolute atomic E-state index is 13.2. The Morgan fingerprint density at radius 1 is 1.18 bits per heavy atom. The van der Waals surface area contributed by atoms with Crippen molar-refractivity contribution >= 4 is 58.1 Å². The fraction of sp³-hybridized carbons (Fsp3) is 0.333. The molecule has 1 aliphatic rings. The van der Waals surface area contributed by atoms with Crippen molar-refractivity contribution in [3.63, 3.8) is 0 Å². The monoisotopic (exact) mass is 560 g/mol. The Kier molecular flexibility index (Phi) is 8.69. The number of rotatable bonds is 9. The van der Waals surface area contributed by atoms with E-state index in [-0.39, 0.29) is 28.7 Å². The molecule has 0 bridgehead atoms. The van der Waals surface area contributed by atoms with E-state index in [0.717, 1.165) is 13.1 Å². The zero-order valence-corrected chi connectivity index (χ0v) is 22.4. The fourth-order valence-corrected chi connectivity index (χ4v) is 4.71. The number of nitrogens with two attached hydrogens (primary N) is 1. The van der Waals surface area contributed by atoms with E-state index < -0.39 is 0 Å². The lowest BCUT2D eigenvalue weighted by Gasteiger charge is -2.38. The Morgan fingerprint density at radius 2 is 1.95 bits per heavy atom. The number of nitrogen functional groups attached to an aromatic ring is 1. The molecule has 0 radical (unpaired) electrons. The van der Waals surface area contributed by atoms with Gasteiger partial charge in [0.15, 0.2) is 5.82 Å². The number of carbonyl (C=O) groups is 1. The molecule has 4 rings (SSSR count). The highest BCUT2D eigenvalue weighted by molar-refractivity contribution is 6.36. The third-order valence-corrected chi connectivity index (χ3v) is 6.81. The van der Waals surface area contributed by atoms with E-state index >= 15 is 0 Å². The molecule has 1 aliphatic heterocycles. The van der Waals surface area contributed by atoms with Crippen LogP contribution >= 0.6 is 23.2 Å². The maximum Gasteiger partial charge on any atom is 0.244 e. The van der Waals surface area contributed by atoms with E-state index in [1.165, 1.54) is 12.1 Å². The van der Waals surface area contributed by atoms with Crippen molar-refractivity contribution < 1.29 is 10.0 Å². The van der Waals surface area contributed by atoms with E-state index in [2.05, 4.69) is 25.5 Å². The molecule has 1 atom stereocenters. The van der Waals surface area contributed by atoms with Crippen LogP contribution in [0.15, 0.2) is 36.5 Å². The molecule has 2 aromatic heterocycles. The summed E-state index contributed by atoms with van der Waals surface area (Å²) in [5.74, 6) is 0.637. The van der Waals surface area contributed by atoms with Crippen LogP contribution < -0.4 is 26.5 Å². The Morgan fingerprint density at radius 3 is 2.63 bits per heavy atom. The summed E-state index contributed by atoms with van der Waals surface area (Å²) >= 11 is 12.7. The first-order valence-corrected chi connectivity index (χ1v) is 12.7. The van der Waals surface area contributed by atoms with E-state index in [1.807, 2.05) is 13.8 Å². The largest absolute Gasteiger partial charge is 0.733 e. The van der Waals surface area contributed by atoms with Crippen LogP contribution in [0, 0.1) is 5.21 Å². The molecule has 1 unspecified atom stereocenters. The van der Waals surface area contributed by atoms with Gasteiger partial charge in [0.05, 0.1) is 28.6 Å². The van der Waals surface area contributed by atoms with Crippen molar-refractivity contribution in [3.8, 4) is 11.3 Å². The number of pyridine rings is 1. The molecule has 12 nitrogen and oxygen atoms in total. The van der Waals surface area contributed by atoms with Gasteiger partial charge in [-0.3, -0.25) is 14.9 Å². The summed E-state index contributed by atoms with van der Waals surface area (Å²) in [5, 5.41) is 26.8. The van der Waals surface area contributed by atoms with Crippen molar-refractivity contribution in [2.45, 2.75) is 19.9 Å². The molecule has 5 N–H and O–H groups in total. The Bertz CT molecular complexity index is 1310. The van der Waals surface area contributed by atoms with Gasteiger partial charge in [-0.15, -0.1) is 0 Å². The smallest absolute Gasteiger partial charge is 0.244 e. The zero-order chi connectivity index (χ0) is 27.4. The summed E-state index contributed by atoms with van der Waals surface area (Å²) in [6, 6.07) is 7.74. The van der Waals surface area contributed by atoms with Gasteiger partial charge >= 0.3 is 0 Å². The minimum Gasteiger partial charge on any atom is -0.733 e. The maximum atomic E-state index is 13.2. The SMILES string of the molecule is CCN1CCN(c2cnc(NCCNc3ccc(N([O-])O)c(N)n3)nc2-c2ccc(Cl)cc2Cl)C(=O)C1C. The molecule has 3 heterocycles. The average Bonchev–Trinajstić information content (AvgIpc) is 2.88. The normalized spacial score (nSPS) is 16.0. The molecule has 38 heavy (non-hydrogen) atoms. The van der Waals surface area contributed by atoms with Crippen molar-refractivity contribution in [2.75, 3.05) is 59.2 Å². The number of aromatic nitrogens is 3. The Hall–Kier alpha value is -3.42. The van der Waals surface area contributed by atoms with E-state index in [4.69, 9.17) is 39.1 Å². The molecule has 0 saturated carbocycles. The van der Waals surface area contributed by atoms with Crippen molar-refractivity contribution in [1.82, 2.24) is 19.9 Å². The topological polar surface area (TPSA) is 159 Å². The van der Waals surface area contributed by atoms with Crippen LogP contribution in [0.3, 0.4) is 0 Å². The zero-order valence-electron chi connectivity index (χ0n) is 20.9. The van der Waals surface area contributed by atoms with Gasteiger partial charge < -0.3 is 31.7 Å². The van der Waals surface area contributed by atoms with E-state index in [1.54, 1.807) is 29.3 Å². The van der Waals surface area contributed by atoms with Gasteiger partial charge in [0.1, 0.15) is 11.5 Å². The van der Waals surface area contributed by atoms with Crippen LogP contribution in [0.25, 0.3) is 11.3 Å². The number of carbonyl (C=O) groups excluding carboxylic acids is 1. The summed E-state index contributed by atoms with van der Waals surface area (Å²) in [7, 11) is 0. The van der Waals surface area contributed by atoms with Gasteiger partial charge in [0, 0.05) is 36.8 Å². The number of nitrogens with one attached hydrogen (secondary N) is 2. The number of anilines is 5. The quantitative estimate of drug-likeness (QED) is 0.223. The molecule has 1 amide bonds. The fourth-order valence-electron chi connectivity index (χ4n) is 4.22. The molecule has 14 heteroatoms. The number of piperazine rings is 1. The summed E-state index contributed by atoms with van der Waals surface area (Å²) in [5.41, 5.74) is 7.26. The van der Waals surface area contributed by atoms with Crippen molar-refractivity contribution in [3.05, 3.63) is 51.8 Å². The summed E-state index contributed by atoms with van der Waals surface area (Å²) in [4.78, 5) is 30.2. The molecule has 1 fully saturated rings. The molecule has 1 aromatic carbocycles. The van der Waals surface area contributed by atoms with Crippen molar-refractivity contribution in [2.24, 2.45) is 0 Å². The number of hydrogen-bond acceptors (Lipinski definition) is 11. The lowest BCUT2D eigenvalue weighted by atomic mass is 10.1. The number of hydrogen-bond donors (Lipinski definition) is 4. The van der Waals surface area contributed by atoms with Gasteiger partial charge in [0.2, 0.25) is 11.9 Å². The number of nitrogens with zero attached hydrogens (tertiary/aromatic N) is 6. The Balaban J connectivity index is 1.53. The molecular weight excluding hydrogens is 533 g/mol. The second-order valence-corrected chi connectivity index (χ2v) is 9.42. The predicted octanol–water partition coefficient (Wildman–Crippen LogP) is 3.70. The molecule has 1 saturated heterocycles. The lowest BCUT2D eigenvalue weighted by molar-refractivity contribution is -0.125. The van der Waals surface area contributed by atoms with Crippen LogP contribution in [0.4, 0.5) is 29.0 Å². The summed E-state index contributed by atoms with van der Waals surface area (Å²) < 4.78 is 0. The van der Waals surface area contributed by atoms with Crippen LogP contribution in [0.5, 0.6) is 0 Å². The highest BCUT2D eigenvalue weighted by Gasteiger charge is 2.33. The highest BCUT2D eigenvalue weighted by atomic mass is 35.5. The summed E-state index contributed by atoms with van der Waals surface area (Å²) in [6.45, 7) is 6.78. The first-order chi connectivity index (χ1) is 18.2. The number of likely N-dealkylation sites (N-methyl/N-ethyl adjacent to an activating group) is 1. The summed E-state index contributed by atoms with van der Waals surface area (Å²) in [6.07, 6.45) is 1.62. The van der Waals surface area contributed by atoms with E-state index in [9.17, 15) is 10.0 Å². The number of amides is 1. The molecular formula is C24H28Cl2N9O3-. The van der Waals surface area contributed by atoms with Gasteiger partial charge in [-0.05, 0) is 43.8 Å². The Labute approximate surface area is 229 Å². The lowest BCUT2D eigenvalue weighted by Crippen LogP contribution is -2.56. The van der Waals surface area contributed by atoms with Crippen LogP contribution in [-0.2, 0) is 4.79 Å². The van der Waals surface area contributed by atoms with Gasteiger partial charge in [-0.25, -0.2) is 15.0 Å². The first-order valence-electron chi connectivity index (χ1n) is 12.0. The second kappa shape index (κ2) is 12.0. The second-order valence-electron chi connectivity index (χ2n) is 8.57. The highest BCUT2D eigenvalue weighted by Crippen LogP contribution is 2.36. The third kappa shape index (κ3) is 6.00. The van der Waals surface area contributed by atoms with Crippen LogP contribution in [-0.4, -0.2) is 69.7 Å². The third-order valence-electron chi connectivity index (χ3n) is 6.26. The molecule has 0 spiro atoms. The first kappa shape index (κ1) is 27.6. The van der Waals surface area contributed by atoms with Gasteiger partial charge in [-0.1, -0.05) is 30.1 Å². The van der Waals surface area contributed by atoms with E-state index in [0.29, 0.717) is 58.4 Å². The van der Waals surface area contributed by atoms with Crippen LogP contribution in [0.2, 0.25) is 10.0 Å². The minimum atomic E-state index is -0.336. The van der Waals surface area contributed by atoms with Gasteiger partial charge in [0.25, 0.3) is 0 Å². The predicted molar refractivity (Wildman–Crippen MR) is 150 cm³/mol. The van der Waals surface area contributed by atoms with Gasteiger partial charge in [-0.2, -0.15) is 0 Å². The molecule has 202 valence electrons. The minimum absolute atomic E-state index is 0.0305. The molecule has 0 aliphatic carbocycles. The average molecular weight is 561 g/mol. The number of benzene rings is 1.